The first-order chi connectivity index (χ1) is 7.97. The summed E-state index contributed by atoms with van der Waals surface area (Å²) in [5.41, 5.74) is 0. The predicted octanol–water partition coefficient (Wildman–Crippen LogP) is -0.269. The SMILES string of the molecule is CC(CS(C)(=O)=O)NCCCN1CCOCC1. The van der Waals surface area contributed by atoms with Gasteiger partial charge in [0, 0.05) is 25.4 Å². The lowest BCUT2D eigenvalue weighted by atomic mass is 10.3. The summed E-state index contributed by atoms with van der Waals surface area (Å²) in [4.78, 5) is 2.38. The molecule has 1 heterocycles. The minimum Gasteiger partial charge on any atom is -0.379 e. The first-order valence-corrected chi connectivity index (χ1v) is 8.24. The van der Waals surface area contributed by atoms with Crippen molar-refractivity contribution < 1.29 is 13.2 Å². The molecule has 1 N–H and O–H groups in total. The van der Waals surface area contributed by atoms with E-state index in [0.29, 0.717) is 0 Å². The molecule has 0 saturated carbocycles. The molecule has 0 bridgehead atoms. The molecule has 6 heteroatoms. The van der Waals surface area contributed by atoms with Gasteiger partial charge in [-0.1, -0.05) is 0 Å². The van der Waals surface area contributed by atoms with Gasteiger partial charge in [0.05, 0.1) is 19.0 Å². The van der Waals surface area contributed by atoms with E-state index in [1.807, 2.05) is 6.92 Å². The van der Waals surface area contributed by atoms with Crippen molar-refractivity contribution in [2.24, 2.45) is 0 Å². The molecule has 0 amide bonds. The second-order valence-electron chi connectivity index (χ2n) is 4.76. The molecule has 1 unspecified atom stereocenters. The Labute approximate surface area is 104 Å². The van der Waals surface area contributed by atoms with Gasteiger partial charge in [0.25, 0.3) is 0 Å². The monoisotopic (exact) mass is 264 g/mol. The van der Waals surface area contributed by atoms with E-state index in [9.17, 15) is 8.42 Å². The molecule has 0 aromatic rings. The third-order valence-electron chi connectivity index (χ3n) is 2.80. The number of rotatable bonds is 7. The Balaban J connectivity index is 2.03. The average molecular weight is 264 g/mol. The second-order valence-corrected chi connectivity index (χ2v) is 6.94. The van der Waals surface area contributed by atoms with Crippen LogP contribution in [0.5, 0.6) is 0 Å². The fraction of sp³-hybridized carbons (Fsp3) is 1.00. The van der Waals surface area contributed by atoms with Gasteiger partial charge in [-0.05, 0) is 26.4 Å². The Morgan fingerprint density at radius 2 is 2.00 bits per heavy atom. The van der Waals surface area contributed by atoms with Crippen LogP contribution in [0.3, 0.4) is 0 Å². The fourth-order valence-electron chi connectivity index (χ4n) is 1.99. The summed E-state index contributed by atoms with van der Waals surface area (Å²) >= 11 is 0. The molecule has 0 aliphatic carbocycles. The Morgan fingerprint density at radius 1 is 1.35 bits per heavy atom. The van der Waals surface area contributed by atoms with Crippen molar-refractivity contribution in [1.29, 1.82) is 0 Å². The van der Waals surface area contributed by atoms with Gasteiger partial charge >= 0.3 is 0 Å². The summed E-state index contributed by atoms with van der Waals surface area (Å²) in [5, 5.41) is 3.24. The molecule has 1 fully saturated rings. The van der Waals surface area contributed by atoms with E-state index >= 15 is 0 Å². The molecule has 17 heavy (non-hydrogen) atoms. The normalized spacial score (nSPS) is 20.4. The molecule has 102 valence electrons. The lowest BCUT2D eigenvalue weighted by Crippen LogP contribution is -2.39. The number of ether oxygens (including phenoxy) is 1. The van der Waals surface area contributed by atoms with E-state index < -0.39 is 9.84 Å². The van der Waals surface area contributed by atoms with Crippen molar-refractivity contribution in [3.05, 3.63) is 0 Å². The van der Waals surface area contributed by atoms with Crippen LogP contribution in [0.15, 0.2) is 0 Å². The van der Waals surface area contributed by atoms with E-state index in [1.165, 1.54) is 6.26 Å². The van der Waals surface area contributed by atoms with Crippen LogP contribution in [-0.2, 0) is 14.6 Å². The van der Waals surface area contributed by atoms with Gasteiger partial charge in [-0.15, -0.1) is 0 Å². The number of hydrogen-bond donors (Lipinski definition) is 1. The number of hydrogen-bond acceptors (Lipinski definition) is 5. The van der Waals surface area contributed by atoms with Crippen molar-refractivity contribution in [1.82, 2.24) is 10.2 Å². The van der Waals surface area contributed by atoms with Crippen molar-refractivity contribution in [2.45, 2.75) is 19.4 Å². The predicted molar refractivity (Wildman–Crippen MR) is 69.1 cm³/mol. The lowest BCUT2D eigenvalue weighted by Gasteiger charge is -2.26. The summed E-state index contributed by atoms with van der Waals surface area (Å²) in [7, 11) is -2.87. The van der Waals surface area contributed by atoms with Gasteiger partial charge in [0.15, 0.2) is 0 Å². The van der Waals surface area contributed by atoms with Gasteiger partial charge in [-0.25, -0.2) is 8.42 Å². The molecule has 0 aromatic heterocycles. The van der Waals surface area contributed by atoms with Crippen LogP contribution in [0.4, 0.5) is 0 Å². The highest BCUT2D eigenvalue weighted by Crippen LogP contribution is 1.98. The zero-order valence-electron chi connectivity index (χ0n) is 10.8. The smallest absolute Gasteiger partial charge is 0.148 e. The maximum atomic E-state index is 11.1. The molecule has 0 radical (unpaired) electrons. The molecule has 1 rings (SSSR count). The van der Waals surface area contributed by atoms with Crippen LogP contribution in [-0.4, -0.2) is 70.8 Å². The Bertz CT molecular complexity index is 300. The van der Waals surface area contributed by atoms with Crippen molar-refractivity contribution in [2.75, 3.05) is 51.4 Å². The average Bonchev–Trinajstić information content (AvgIpc) is 2.23. The molecule has 5 nitrogen and oxygen atoms in total. The summed E-state index contributed by atoms with van der Waals surface area (Å²) in [5.74, 6) is 0.213. The maximum absolute atomic E-state index is 11.1. The molecular weight excluding hydrogens is 240 g/mol. The minimum atomic E-state index is -2.87. The zero-order valence-corrected chi connectivity index (χ0v) is 11.6. The highest BCUT2D eigenvalue weighted by molar-refractivity contribution is 7.90. The highest BCUT2D eigenvalue weighted by atomic mass is 32.2. The van der Waals surface area contributed by atoms with Gasteiger partial charge < -0.3 is 10.1 Å². The van der Waals surface area contributed by atoms with E-state index in [0.717, 1.165) is 45.8 Å². The van der Waals surface area contributed by atoms with Gasteiger partial charge in [-0.2, -0.15) is 0 Å². The number of sulfone groups is 1. The minimum absolute atomic E-state index is 0.0367. The van der Waals surface area contributed by atoms with E-state index in [-0.39, 0.29) is 11.8 Å². The van der Waals surface area contributed by atoms with Gasteiger partial charge in [0.1, 0.15) is 9.84 Å². The summed E-state index contributed by atoms with van der Waals surface area (Å²) < 4.78 is 27.4. The molecule has 1 aliphatic rings. The topological polar surface area (TPSA) is 58.6 Å². The summed E-state index contributed by atoms with van der Waals surface area (Å²) in [6, 6.07) is 0.0367. The quantitative estimate of drug-likeness (QED) is 0.642. The molecule has 1 atom stereocenters. The Kier molecular flexibility index (Phi) is 6.40. The van der Waals surface area contributed by atoms with Crippen molar-refractivity contribution in [3.63, 3.8) is 0 Å². The third-order valence-corrected chi connectivity index (χ3v) is 3.91. The summed E-state index contributed by atoms with van der Waals surface area (Å²) in [6.07, 6.45) is 2.33. The molecular formula is C11H24N2O3S. The number of nitrogens with one attached hydrogen (secondary N) is 1. The molecule has 0 spiro atoms. The van der Waals surface area contributed by atoms with E-state index in [1.54, 1.807) is 0 Å². The highest BCUT2D eigenvalue weighted by Gasteiger charge is 2.11. The standard InChI is InChI=1S/C11H24N2O3S/c1-11(10-17(2,14)15)12-4-3-5-13-6-8-16-9-7-13/h11-12H,3-10H2,1-2H3. The van der Waals surface area contributed by atoms with Crippen molar-refractivity contribution >= 4 is 9.84 Å². The first-order valence-electron chi connectivity index (χ1n) is 6.18. The summed E-state index contributed by atoms with van der Waals surface area (Å²) in [6.45, 7) is 7.53. The van der Waals surface area contributed by atoms with Crippen LogP contribution in [0, 0.1) is 0 Å². The lowest BCUT2D eigenvalue weighted by molar-refractivity contribution is 0.0374. The number of nitrogens with zero attached hydrogens (tertiary/aromatic N) is 1. The Hall–Kier alpha value is -0.170. The van der Waals surface area contributed by atoms with Gasteiger partial charge in [-0.3, -0.25) is 4.90 Å². The van der Waals surface area contributed by atoms with E-state index in [2.05, 4.69) is 10.2 Å². The van der Waals surface area contributed by atoms with Crippen LogP contribution in [0.25, 0.3) is 0 Å². The Morgan fingerprint density at radius 3 is 2.59 bits per heavy atom. The van der Waals surface area contributed by atoms with E-state index in [4.69, 9.17) is 4.74 Å². The fourth-order valence-corrected chi connectivity index (χ4v) is 3.02. The molecule has 1 aliphatic heterocycles. The number of morpholine rings is 1. The third kappa shape index (κ3) is 7.70. The van der Waals surface area contributed by atoms with Gasteiger partial charge in [0.2, 0.25) is 0 Å². The first kappa shape index (κ1) is 14.9. The largest absolute Gasteiger partial charge is 0.379 e. The molecule has 1 saturated heterocycles. The zero-order chi connectivity index (χ0) is 12.7. The van der Waals surface area contributed by atoms with Crippen LogP contribution in [0.1, 0.15) is 13.3 Å². The van der Waals surface area contributed by atoms with Crippen LogP contribution >= 0.6 is 0 Å². The maximum Gasteiger partial charge on any atom is 0.148 e. The second kappa shape index (κ2) is 7.31. The van der Waals surface area contributed by atoms with Crippen molar-refractivity contribution in [3.8, 4) is 0 Å². The van der Waals surface area contributed by atoms with Crippen LogP contribution < -0.4 is 5.32 Å². The molecule has 0 aromatic carbocycles. The van der Waals surface area contributed by atoms with Crippen LogP contribution in [0.2, 0.25) is 0 Å².